The first-order chi connectivity index (χ1) is 10.1. The molecule has 21 heavy (non-hydrogen) atoms. The number of sulfonamides is 1. The average molecular weight is 312 g/mol. The smallest absolute Gasteiger partial charge is 0.215 e. The van der Waals surface area contributed by atoms with E-state index in [1.165, 1.54) is 12.8 Å². The number of nitrogens with one attached hydrogen (secondary N) is 1. The first-order valence-electron chi connectivity index (χ1n) is 7.53. The van der Waals surface area contributed by atoms with Crippen LogP contribution >= 0.6 is 0 Å². The van der Waals surface area contributed by atoms with E-state index >= 15 is 0 Å². The van der Waals surface area contributed by atoms with Crippen LogP contribution in [-0.2, 0) is 10.0 Å². The van der Waals surface area contributed by atoms with Gasteiger partial charge in [0.05, 0.1) is 5.75 Å². The molecule has 0 bridgehead atoms. The fourth-order valence-electron chi connectivity index (χ4n) is 2.54. The fourth-order valence-corrected chi connectivity index (χ4v) is 3.71. The Morgan fingerprint density at radius 1 is 1.10 bits per heavy atom. The van der Waals surface area contributed by atoms with Crippen molar-refractivity contribution in [3.63, 3.8) is 0 Å². The van der Waals surface area contributed by atoms with E-state index < -0.39 is 10.0 Å². The van der Waals surface area contributed by atoms with E-state index in [0.29, 0.717) is 11.4 Å². The van der Waals surface area contributed by atoms with Crippen molar-refractivity contribution < 1.29 is 13.2 Å². The van der Waals surface area contributed by atoms with E-state index in [1.54, 1.807) is 24.3 Å². The van der Waals surface area contributed by atoms with Crippen molar-refractivity contribution in [2.45, 2.75) is 44.6 Å². The van der Waals surface area contributed by atoms with Crippen molar-refractivity contribution in [2.24, 2.45) is 0 Å². The molecule has 0 radical (unpaired) electrons. The molecule has 0 spiro atoms. The Morgan fingerprint density at radius 2 is 1.71 bits per heavy atom. The zero-order valence-electron chi connectivity index (χ0n) is 12.3. The normalized spacial score (nSPS) is 17.3. The van der Waals surface area contributed by atoms with Crippen LogP contribution in [0.3, 0.4) is 0 Å². The summed E-state index contributed by atoms with van der Waals surface area (Å²) in [6, 6.07) is 7.02. The lowest BCUT2D eigenvalue weighted by molar-refractivity contribution is 0.340. The van der Waals surface area contributed by atoms with Crippen molar-refractivity contribution in [3.05, 3.63) is 24.3 Å². The third-order valence-electron chi connectivity index (χ3n) is 3.70. The van der Waals surface area contributed by atoms with Crippen LogP contribution < -0.4 is 15.2 Å². The number of nitrogens with two attached hydrogens (primary N) is 1. The predicted octanol–water partition coefficient (Wildman–Crippen LogP) is 2.29. The predicted molar refractivity (Wildman–Crippen MR) is 84.8 cm³/mol. The van der Waals surface area contributed by atoms with E-state index in [-0.39, 0.29) is 18.4 Å². The Hall–Kier alpha value is -1.27. The number of nitrogen functional groups attached to an aromatic ring is 1. The van der Waals surface area contributed by atoms with Gasteiger partial charge in [-0.2, -0.15) is 0 Å². The summed E-state index contributed by atoms with van der Waals surface area (Å²) in [5.74, 6) is 0.613. The van der Waals surface area contributed by atoms with Crippen LogP contribution in [0.5, 0.6) is 5.75 Å². The van der Waals surface area contributed by atoms with Crippen LogP contribution in [0.4, 0.5) is 5.69 Å². The largest absolute Gasteiger partial charge is 0.492 e. The molecule has 6 heteroatoms. The number of hydrogen-bond donors (Lipinski definition) is 2. The van der Waals surface area contributed by atoms with Crippen molar-refractivity contribution in [1.82, 2.24) is 4.72 Å². The minimum absolute atomic E-state index is 0.0200. The first-order valence-corrected chi connectivity index (χ1v) is 9.19. The highest BCUT2D eigenvalue weighted by Gasteiger charge is 2.19. The Balaban J connectivity index is 1.76. The molecule has 1 fully saturated rings. The summed E-state index contributed by atoms with van der Waals surface area (Å²) in [6.45, 7) is 0.145. The van der Waals surface area contributed by atoms with Gasteiger partial charge in [-0.15, -0.1) is 0 Å². The van der Waals surface area contributed by atoms with Crippen molar-refractivity contribution in [1.29, 1.82) is 0 Å². The van der Waals surface area contributed by atoms with Crippen molar-refractivity contribution in [3.8, 4) is 5.75 Å². The van der Waals surface area contributed by atoms with Gasteiger partial charge in [0.15, 0.2) is 0 Å². The molecule has 1 aliphatic rings. The topological polar surface area (TPSA) is 81.4 Å². The Morgan fingerprint density at radius 3 is 2.33 bits per heavy atom. The van der Waals surface area contributed by atoms with E-state index in [9.17, 15) is 8.42 Å². The zero-order chi connectivity index (χ0) is 15.1. The van der Waals surface area contributed by atoms with E-state index in [0.717, 1.165) is 25.7 Å². The molecule has 3 N–H and O–H groups in total. The maximum Gasteiger partial charge on any atom is 0.215 e. The van der Waals surface area contributed by atoms with Crippen molar-refractivity contribution >= 4 is 15.7 Å². The highest BCUT2D eigenvalue weighted by Crippen LogP contribution is 2.18. The maximum atomic E-state index is 12.0. The van der Waals surface area contributed by atoms with Gasteiger partial charge in [-0.25, -0.2) is 13.1 Å². The molecule has 118 valence electrons. The summed E-state index contributed by atoms with van der Waals surface area (Å²) in [5.41, 5.74) is 6.24. The van der Waals surface area contributed by atoms with Gasteiger partial charge in [-0.3, -0.25) is 0 Å². The lowest BCUT2D eigenvalue weighted by Crippen LogP contribution is -2.37. The highest BCUT2D eigenvalue weighted by molar-refractivity contribution is 7.89. The van der Waals surface area contributed by atoms with Crippen LogP contribution in [0, 0.1) is 0 Å². The molecular formula is C15H24N2O3S. The maximum absolute atomic E-state index is 12.0. The quantitative estimate of drug-likeness (QED) is 0.624. The minimum Gasteiger partial charge on any atom is -0.492 e. The average Bonchev–Trinajstić information content (AvgIpc) is 2.69. The van der Waals surface area contributed by atoms with Crippen LogP contribution in [0.15, 0.2) is 24.3 Å². The highest BCUT2D eigenvalue weighted by atomic mass is 32.2. The number of anilines is 1. The standard InChI is InChI=1S/C15H24N2O3S/c16-13-7-9-15(10-8-13)20-11-12-21(18,19)17-14-5-3-1-2-4-6-14/h7-10,14,17H,1-6,11-12,16H2. The van der Waals surface area contributed by atoms with Crippen LogP contribution in [0.2, 0.25) is 0 Å². The molecule has 0 saturated heterocycles. The van der Waals surface area contributed by atoms with Gasteiger partial charge in [0.2, 0.25) is 10.0 Å². The molecule has 0 heterocycles. The Bertz CT molecular complexity index is 520. The molecule has 1 saturated carbocycles. The molecule has 0 atom stereocenters. The number of ether oxygens (including phenoxy) is 1. The zero-order valence-corrected chi connectivity index (χ0v) is 13.1. The second-order valence-electron chi connectivity index (χ2n) is 5.54. The van der Waals surface area contributed by atoms with E-state index in [4.69, 9.17) is 10.5 Å². The van der Waals surface area contributed by atoms with Crippen LogP contribution in [-0.4, -0.2) is 26.8 Å². The Labute approximate surface area is 126 Å². The summed E-state index contributed by atoms with van der Waals surface area (Å²) in [6.07, 6.45) is 6.51. The monoisotopic (exact) mass is 312 g/mol. The van der Waals surface area contributed by atoms with Gasteiger partial charge >= 0.3 is 0 Å². The molecule has 0 aromatic heterocycles. The minimum atomic E-state index is -3.28. The van der Waals surface area contributed by atoms with Gasteiger partial charge in [0, 0.05) is 11.7 Å². The molecule has 0 amide bonds. The molecule has 0 unspecified atom stereocenters. The van der Waals surface area contributed by atoms with Gasteiger partial charge in [0.25, 0.3) is 0 Å². The van der Waals surface area contributed by atoms with E-state index in [1.807, 2.05) is 0 Å². The SMILES string of the molecule is Nc1ccc(OCCS(=O)(=O)NC2CCCCCC2)cc1. The van der Waals surface area contributed by atoms with Gasteiger partial charge in [-0.1, -0.05) is 25.7 Å². The second-order valence-corrected chi connectivity index (χ2v) is 7.42. The first kappa shape index (κ1) is 16.1. The van der Waals surface area contributed by atoms with Crippen LogP contribution in [0.25, 0.3) is 0 Å². The van der Waals surface area contributed by atoms with Gasteiger partial charge in [-0.05, 0) is 37.1 Å². The van der Waals surface area contributed by atoms with E-state index in [2.05, 4.69) is 4.72 Å². The summed E-state index contributed by atoms with van der Waals surface area (Å²) in [7, 11) is -3.28. The van der Waals surface area contributed by atoms with Crippen LogP contribution in [0.1, 0.15) is 38.5 Å². The lowest BCUT2D eigenvalue weighted by atomic mass is 10.1. The number of hydrogen-bond acceptors (Lipinski definition) is 4. The number of rotatable bonds is 6. The molecule has 1 aliphatic carbocycles. The molecule has 1 aromatic rings. The summed E-state index contributed by atoms with van der Waals surface area (Å²) in [5, 5.41) is 0. The fraction of sp³-hybridized carbons (Fsp3) is 0.600. The molecule has 5 nitrogen and oxygen atoms in total. The second kappa shape index (κ2) is 7.66. The molecule has 0 aliphatic heterocycles. The summed E-state index contributed by atoms with van der Waals surface area (Å²) >= 11 is 0. The molecule has 1 aromatic carbocycles. The third kappa shape index (κ3) is 5.93. The summed E-state index contributed by atoms with van der Waals surface area (Å²) < 4.78 is 32.3. The van der Waals surface area contributed by atoms with Gasteiger partial charge < -0.3 is 10.5 Å². The van der Waals surface area contributed by atoms with Crippen molar-refractivity contribution in [2.75, 3.05) is 18.1 Å². The number of benzene rings is 1. The molecule has 2 rings (SSSR count). The lowest BCUT2D eigenvalue weighted by Gasteiger charge is -2.16. The summed E-state index contributed by atoms with van der Waals surface area (Å²) in [4.78, 5) is 0. The van der Waals surface area contributed by atoms with Gasteiger partial charge in [0.1, 0.15) is 12.4 Å². The third-order valence-corrected chi connectivity index (χ3v) is 5.10. The Kier molecular flexibility index (Phi) is 5.87. The molecular weight excluding hydrogens is 288 g/mol.